The lowest BCUT2D eigenvalue weighted by molar-refractivity contribution is -0.443. The monoisotopic (exact) mass is 378 g/mol. The molecule has 138 valence electrons. The Balaban J connectivity index is 6.02. The van der Waals surface area contributed by atoms with Gasteiger partial charge in [-0.05, 0) is 0 Å². The van der Waals surface area contributed by atoms with E-state index in [0.29, 0.717) is 0 Å². The van der Waals surface area contributed by atoms with E-state index < -0.39 is 48.5 Å². The molecule has 0 radical (unpaired) electrons. The first-order valence-corrected chi connectivity index (χ1v) is 4.78. The molecule has 0 heterocycles. The van der Waals surface area contributed by atoms with Crippen LogP contribution in [0.4, 0.5) is 57.1 Å². The van der Waals surface area contributed by atoms with Crippen molar-refractivity contribution < 1.29 is 66.9 Å². The average molecular weight is 378 g/mol. The van der Waals surface area contributed by atoms with E-state index >= 15 is 0 Å². The number of ether oxygens (including phenoxy) is 1. The van der Waals surface area contributed by atoms with Gasteiger partial charge in [-0.25, -0.2) is 0 Å². The molecular formula is C8H3F13O2. The summed E-state index contributed by atoms with van der Waals surface area (Å²) < 4.78 is 164. The van der Waals surface area contributed by atoms with Gasteiger partial charge in [0.2, 0.25) is 0 Å². The number of alkyl halides is 10. The van der Waals surface area contributed by atoms with Crippen LogP contribution in [0.5, 0.6) is 0 Å². The molecule has 0 saturated carbocycles. The van der Waals surface area contributed by atoms with E-state index in [4.69, 9.17) is 5.11 Å². The highest BCUT2D eigenvalue weighted by Crippen LogP contribution is 2.57. The summed E-state index contributed by atoms with van der Waals surface area (Å²) in [5.41, 5.74) is 0. The fourth-order valence-corrected chi connectivity index (χ4v) is 0.924. The van der Waals surface area contributed by atoms with Crippen molar-refractivity contribution in [3.05, 3.63) is 12.1 Å². The maximum atomic E-state index is 12.8. The van der Waals surface area contributed by atoms with Crippen LogP contribution in [0.3, 0.4) is 0 Å². The van der Waals surface area contributed by atoms with E-state index in [1.165, 1.54) is 0 Å². The summed E-state index contributed by atoms with van der Waals surface area (Å²) >= 11 is 0. The Morgan fingerprint density at radius 2 is 1.09 bits per heavy atom. The third-order valence-corrected chi connectivity index (χ3v) is 2.18. The second kappa shape index (κ2) is 5.90. The molecule has 0 aromatic heterocycles. The van der Waals surface area contributed by atoms with Crippen LogP contribution in [-0.4, -0.2) is 41.5 Å². The van der Waals surface area contributed by atoms with Crippen LogP contribution in [0, 0.1) is 0 Å². The van der Waals surface area contributed by atoms with Crippen LogP contribution in [0.2, 0.25) is 0 Å². The summed E-state index contributed by atoms with van der Waals surface area (Å²) in [6.07, 6.45) is -10.9. The highest BCUT2D eigenvalue weighted by atomic mass is 19.4. The summed E-state index contributed by atoms with van der Waals surface area (Å²) in [7, 11) is 0. The van der Waals surface area contributed by atoms with E-state index in [1.807, 2.05) is 4.74 Å². The number of hydrogen-bond donors (Lipinski definition) is 1. The molecule has 0 aliphatic rings. The molecule has 1 N–H and O–H groups in total. The minimum atomic E-state index is -7.65. The second-order valence-corrected chi connectivity index (χ2v) is 3.74. The molecular weight excluding hydrogens is 375 g/mol. The van der Waals surface area contributed by atoms with E-state index in [1.54, 1.807) is 0 Å². The standard InChI is InChI=1S/C8H3F13O2/c9-2(10)3(11)23-8(20,21)7(18,19)6(16,17)5(14,15)4(12,13)1-22/h22H,1H2. The first-order chi connectivity index (χ1) is 9.89. The van der Waals surface area contributed by atoms with Crippen LogP contribution in [-0.2, 0) is 4.74 Å². The van der Waals surface area contributed by atoms with Crippen molar-refractivity contribution >= 4 is 0 Å². The smallest absolute Gasteiger partial charge is 0.397 e. The van der Waals surface area contributed by atoms with Gasteiger partial charge in [0.1, 0.15) is 6.61 Å². The molecule has 23 heavy (non-hydrogen) atoms. The molecule has 0 aromatic rings. The first-order valence-electron chi connectivity index (χ1n) is 4.78. The summed E-state index contributed by atoms with van der Waals surface area (Å²) in [4.78, 5) is 0. The lowest BCUT2D eigenvalue weighted by Crippen LogP contribution is -2.68. The molecule has 0 atom stereocenters. The molecule has 0 spiro atoms. The Labute approximate surface area is 117 Å². The maximum absolute atomic E-state index is 12.8. The van der Waals surface area contributed by atoms with Crippen LogP contribution in [0.25, 0.3) is 0 Å². The van der Waals surface area contributed by atoms with Gasteiger partial charge in [0, 0.05) is 0 Å². The third-order valence-electron chi connectivity index (χ3n) is 2.18. The Hall–Kier alpha value is -1.41. The topological polar surface area (TPSA) is 29.5 Å². The molecule has 0 bridgehead atoms. The molecule has 0 aliphatic heterocycles. The summed E-state index contributed by atoms with van der Waals surface area (Å²) in [5.74, 6) is -28.9. The SMILES string of the molecule is OCC(F)(F)C(F)(F)C(F)(F)C(F)(F)C(F)(F)OC(F)=C(F)F. The lowest BCUT2D eigenvalue weighted by atomic mass is 9.98. The molecule has 0 amide bonds. The van der Waals surface area contributed by atoms with E-state index in [0.717, 1.165) is 0 Å². The second-order valence-electron chi connectivity index (χ2n) is 3.74. The highest BCUT2D eigenvalue weighted by molar-refractivity contribution is 5.07. The fraction of sp³-hybridized carbons (Fsp3) is 0.750. The van der Waals surface area contributed by atoms with Crippen molar-refractivity contribution in [3.63, 3.8) is 0 Å². The number of aliphatic hydroxyl groups excluding tert-OH is 1. The average Bonchev–Trinajstić information content (AvgIpc) is 2.36. The normalized spacial score (nSPS) is 14.7. The first kappa shape index (κ1) is 21.6. The summed E-state index contributed by atoms with van der Waals surface area (Å²) in [6, 6.07) is -3.83. The zero-order valence-corrected chi connectivity index (χ0v) is 9.98. The minimum absolute atomic E-state index is 1.85. The zero-order valence-electron chi connectivity index (χ0n) is 9.98. The third kappa shape index (κ3) is 3.28. The number of halogens is 13. The van der Waals surface area contributed by atoms with Gasteiger partial charge in [0.15, 0.2) is 0 Å². The van der Waals surface area contributed by atoms with Gasteiger partial charge in [-0.1, -0.05) is 0 Å². The molecule has 2 nitrogen and oxygen atoms in total. The molecule has 0 fully saturated rings. The van der Waals surface area contributed by atoms with Crippen molar-refractivity contribution in [1.82, 2.24) is 0 Å². The molecule has 0 rings (SSSR count). The zero-order chi connectivity index (χ0) is 19.1. The predicted octanol–water partition coefficient (Wildman–Crippen LogP) is 4.16. The van der Waals surface area contributed by atoms with Crippen molar-refractivity contribution in [2.75, 3.05) is 6.61 Å². The highest BCUT2D eigenvalue weighted by Gasteiger charge is 2.87. The molecule has 0 aliphatic carbocycles. The Morgan fingerprint density at radius 1 is 0.696 bits per heavy atom. The van der Waals surface area contributed by atoms with Gasteiger partial charge in [0.25, 0.3) is 0 Å². The number of rotatable bonds is 7. The summed E-state index contributed by atoms with van der Waals surface area (Å²) in [5, 5.41) is 7.79. The lowest BCUT2D eigenvalue weighted by Gasteiger charge is -2.38. The predicted molar refractivity (Wildman–Crippen MR) is 43.3 cm³/mol. The molecule has 0 unspecified atom stereocenters. The number of aliphatic hydroxyl groups is 1. The van der Waals surface area contributed by atoms with Crippen LogP contribution < -0.4 is 0 Å². The van der Waals surface area contributed by atoms with Gasteiger partial charge < -0.3 is 9.84 Å². The van der Waals surface area contributed by atoms with Crippen molar-refractivity contribution in [1.29, 1.82) is 0 Å². The Morgan fingerprint density at radius 3 is 1.39 bits per heavy atom. The van der Waals surface area contributed by atoms with Gasteiger partial charge >= 0.3 is 41.9 Å². The van der Waals surface area contributed by atoms with E-state index in [-0.39, 0.29) is 0 Å². The van der Waals surface area contributed by atoms with Crippen molar-refractivity contribution in [2.24, 2.45) is 0 Å². The van der Waals surface area contributed by atoms with Crippen molar-refractivity contribution in [2.45, 2.75) is 29.8 Å². The molecule has 0 saturated heterocycles. The molecule has 0 aromatic carbocycles. The van der Waals surface area contributed by atoms with Gasteiger partial charge in [0.05, 0.1) is 0 Å². The van der Waals surface area contributed by atoms with Crippen LogP contribution in [0.15, 0.2) is 12.1 Å². The largest absolute Gasteiger partial charge is 0.472 e. The quantitative estimate of drug-likeness (QED) is 0.533. The van der Waals surface area contributed by atoms with E-state index in [2.05, 4.69) is 0 Å². The van der Waals surface area contributed by atoms with Crippen LogP contribution in [0.1, 0.15) is 0 Å². The number of hydrogen-bond acceptors (Lipinski definition) is 2. The van der Waals surface area contributed by atoms with Gasteiger partial charge in [-0.15, -0.1) is 0 Å². The Bertz CT molecular complexity index is 465. The van der Waals surface area contributed by atoms with Gasteiger partial charge in [-0.3, -0.25) is 0 Å². The van der Waals surface area contributed by atoms with Gasteiger partial charge in [-0.2, -0.15) is 57.1 Å². The summed E-state index contributed by atoms with van der Waals surface area (Å²) in [6.45, 7) is -3.16. The fourth-order valence-electron chi connectivity index (χ4n) is 0.924. The van der Waals surface area contributed by atoms with E-state index in [9.17, 15) is 57.1 Å². The van der Waals surface area contributed by atoms with Crippen LogP contribution >= 0.6 is 0 Å². The minimum Gasteiger partial charge on any atom is -0.397 e. The molecule has 15 heteroatoms. The Kier molecular flexibility index (Phi) is 5.54. The van der Waals surface area contributed by atoms with Crippen molar-refractivity contribution in [3.8, 4) is 0 Å². The maximum Gasteiger partial charge on any atom is 0.472 e.